The zero-order valence-corrected chi connectivity index (χ0v) is 10.2. The molecule has 110 valence electrons. The monoisotopic (exact) mass is 291 g/mol. The highest BCUT2D eigenvalue weighted by Gasteiger charge is 2.30. The number of nitrogens with one attached hydrogen (secondary N) is 1. The summed E-state index contributed by atoms with van der Waals surface area (Å²) in [5.41, 5.74) is 0.621. The summed E-state index contributed by atoms with van der Waals surface area (Å²) >= 11 is 0. The summed E-state index contributed by atoms with van der Waals surface area (Å²) in [6, 6.07) is 6.99. The molecule has 0 aliphatic heterocycles. The van der Waals surface area contributed by atoms with Crippen LogP contribution in [0.5, 0.6) is 0 Å². The minimum Gasteiger partial charge on any atom is -0.480 e. The lowest BCUT2D eigenvalue weighted by Gasteiger charge is -2.15. The normalized spacial score (nSPS) is 12.6. The van der Waals surface area contributed by atoms with Crippen LogP contribution in [0.2, 0.25) is 0 Å². The molecule has 0 aliphatic rings. The Hall–Kier alpha value is -2.25. The Morgan fingerprint density at radius 3 is 2.35 bits per heavy atom. The number of aliphatic carboxylic acids is 1. The van der Waals surface area contributed by atoms with Gasteiger partial charge in [-0.2, -0.15) is 13.2 Å². The van der Waals surface area contributed by atoms with Crippen LogP contribution >= 0.6 is 0 Å². The van der Waals surface area contributed by atoms with E-state index >= 15 is 0 Å². The lowest BCUT2D eigenvalue weighted by atomic mass is 10.1. The fourth-order valence-electron chi connectivity index (χ4n) is 1.38. The van der Waals surface area contributed by atoms with Gasteiger partial charge in [0.1, 0.15) is 6.04 Å². The van der Waals surface area contributed by atoms with Crippen LogP contribution in [-0.2, 0) is 16.0 Å². The topological polar surface area (TPSA) is 75.6 Å². The first kappa shape index (κ1) is 15.8. The number of carbonyl (C=O) groups excluding carboxylic acids is 1. The fraction of sp³-hybridized carbons (Fsp3) is 0.333. The second kappa shape index (κ2) is 6.78. The van der Waals surface area contributed by atoms with Crippen LogP contribution in [0.15, 0.2) is 30.3 Å². The third-order valence-electron chi connectivity index (χ3n) is 2.24. The minimum atomic E-state index is -4.66. The third-order valence-corrected chi connectivity index (χ3v) is 2.24. The predicted molar refractivity (Wildman–Crippen MR) is 62.1 cm³/mol. The van der Waals surface area contributed by atoms with Crippen LogP contribution in [0.25, 0.3) is 0 Å². The molecule has 5 nitrogen and oxygen atoms in total. The van der Waals surface area contributed by atoms with Crippen molar-refractivity contribution in [3.05, 3.63) is 35.9 Å². The van der Waals surface area contributed by atoms with Crippen LogP contribution < -0.4 is 5.32 Å². The van der Waals surface area contributed by atoms with Gasteiger partial charge in [0.15, 0.2) is 6.61 Å². The van der Waals surface area contributed by atoms with Gasteiger partial charge in [-0.3, -0.25) is 0 Å². The van der Waals surface area contributed by atoms with E-state index < -0.39 is 30.9 Å². The van der Waals surface area contributed by atoms with Crippen LogP contribution in [0.1, 0.15) is 5.56 Å². The van der Waals surface area contributed by atoms with Crippen molar-refractivity contribution >= 4 is 12.1 Å². The van der Waals surface area contributed by atoms with Gasteiger partial charge in [-0.05, 0) is 5.56 Å². The average molecular weight is 291 g/mol. The summed E-state index contributed by atoms with van der Waals surface area (Å²) in [4.78, 5) is 22.0. The van der Waals surface area contributed by atoms with Gasteiger partial charge in [0.2, 0.25) is 0 Å². The highest BCUT2D eigenvalue weighted by atomic mass is 19.4. The molecule has 1 amide bonds. The van der Waals surface area contributed by atoms with E-state index in [0.29, 0.717) is 5.56 Å². The third kappa shape index (κ3) is 6.07. The fourth-order valence-corrected chi connectivity index (χ4v) is 1.38. The first-order chi connectivity index (χ1) is 9.28. The van der Waals surface area contributed by atoms with Crippen molar-refractivity contribution < 1.29 is 32.6 Å². The van der Waals surface area contributed by atoms with E-state index in [9.17, 15) is 22.8 Å². The minimum absolute atomic E-state index is 0.0582. The number of hydrogen-bond acceptors (Lipinski definition) is 3. The van der Waals surface area contributed by atoms with Crippen LogP contribution in [0.4, 0.5) is 18.0 Å². The molecule has 0 aliphatic carbocycles. The summed E-state index contributed by atoms with van der Waals surface area (Å²) in [5.74, 6) is -1.36. The van der Waals surface area contributed by atoms with Crippen LogP contribution in [-0.4, -0.2) is 36.0 Å². The molecule has 0 fully saturated rings. The maximum Gasteiger partial charge on any atom is 0.422 e. The van der Waals surface area contributed by atoms with E-state index in [1.807, 2.05) is 5.32 Å². The van der Waals surface area contributed by atoms with Crippen molar-refractivity contribution in [1.29, 1.82) is 0 Å². The molecule has 0 saturated carbocycles. The van der Waals surface area contributed by atoms with Gasteiger partial charge in [-0.15, -0.1) is 0 Å². The number of benzene rings is 1. The molecule has 0 bridgehead atoms. The van der Waals surface area contributed by atoms with Crippen LogP contribution in [0, 0.1) is 0 Å². The highest BCUT2D eigenvalue weighted by Crippen LogP contribution is 2.14. The van der Waals surface area contributed by atoms with E-state index in [0.717, 1.165) is 0 Å². The van der Waals surface area contributed by atoms with Crippen molar-refractivity contribution in [3.8, 4) is 0 Å². The van der Waals surface area contributed by atoms with E-state index in [1.165, 1.54) is 0 Å². The van der Waals surface area contributed by atoms with Crippen LogP contribution in [0.3, 0.4) is 0 Å². The van der Waals surface area contributed by atoms with Crippen molar-refractivity contribution in [2.24, 2.45) is 0 Å². The Morgan fingerprint density at radius 2 is 1.85 bits per heavy atom. The zero-order chi connectivity index (χ0) is 15.2. The van der Waals surface area contributed by atoms with E-state index in [1.54, 1.807) is 30.3 Å². The summed E-state index contributed by atoms with van der Waals surface area (Å²) < 4.78 is 39.4. The SMILES string of the molecule is O=C(N[C@H](Cc1ccccc1)C(=O)O)OCC(F)(F)F. The molecule has 1 aromatic carbocycles. The number of hydrogen-bond donors (Lipinski definition) is 2. The summed E-state index contributed by atoms with van der Waals surface area (Å²) in [6.07, 6.45) is -6.14. The zero-order valence-electron chi connectivity index (χ0n) is 10.2. The second-order valence-corrected chi connectivity index (χ2v) is 3.92. The summed E-state index contributed by atoms with van der Waals surface area (Å²) in [7, 11) is 0. The van der Waals surface area contributed by atoms with Gasteiger partial charge in [-0.25, -0.2) is 9.59 Å². The van der Waals surface area contributed by atoms with Crippen molar-refractivity contribution in [2.75, 3.05) is 6.61 Å². The number of carbonyl (C=O) groups is 2. The first-order valence-electron chi connectivity index (χ1n) is 5.54. The van der Waals surface area contributed by atoms with Gasteiger partial charge in [0.25, 0.3) is 0 Å². The number of alkyl halides is 3. The molecule has 1 rings (SSSR count). The molecule has 0 unspecified atom stereocenters. The van der Waals surface area contributed by atoms with Gasteiger partial charge in [0.05, 0.1) is 0 Å². The number of carboxylic acid groups (broad SMARTS) is 1. The molecule has 1 aromatic rings. The average Bonchev–Trinajstić information content (AvgIpc) is 2.36. The van der Waals surface area contributed by atoms with Crippen molar-refractivity contribution in [1.82, 2.24) is 5.32 Å². The van der Waals surface area contributed by atoms with Crippen molar-refractivity contribution in [2.45, 2.75) is 18.6 Å². The molecule has 0 heterocycles. The highest BCUT2D eigenvalue weighted by molar-refractivity contribution is 5.80. The standard InChI is InChI=1S/C12H12F3NO4/c13-12(14,15)7-20-11(19)16-9(10(17)18)6-8-4-2-1-3-5-8/h1-5,9H,6-7H2,(H,16,19)(H,17,18)/t9-/m1/s1. The second-order valence-electron chi connectivity index (χ2n) is 3.92. The Labute approximate surface area is 112 Å². The molecule has 0 spiro atoms. The quantitative estimate of drug-likeness (QED) is 0.869. The molecule has 0 saturated heterocycles. The first-order valence-corrected chi connectivity index (χ1v) is 5.54. The smallest absolute Gasteiger partial charge is 0.422 e. The predicted octanol–water partition coefficient (Wildman–Crippen LogP) is 1.97. The number of ether oxygens (including phenoxy) is 1. The molecule has 0 radical (unpaired) electrons. The van der Waals surface area contributed by atoms with Gasteiger partial charge in [0, 0.05) is 6.42 Å². The Balaban J connectivity index is 2.55. The lowest BCUT2D eigenvalue weighted by Crippen LogP contribution is -2.43. The lowest BCUT2D eigenvalue weighted by molar-refractivity contribution is -0.160. The summed E-state index contributed by atoms with van der Waals surface area (Å²) in [5, 5.41) is 10.8. The summed E-state index contributed by atoms with van der Waals surface area (Å²) in [6.45, 7) is -1.77. The van der Waals surface area contributed by atoms with Gasteiger partial charge >= 0.3 is 18.2 Å². The number of alkyl carbamates (subject to hydrolysis) is 1. The Morgan fingerprint density at radius 1 is 1.25 bits per heavy atom. The van der Waals surface area contributed by atoms with E-state index in [-0.39, 0.29) is 6.42 Å². The van der Waals surface area contributed by atoms with E-state index in [2.05, 4.69) is 4.74 Å². The number of carboxylic acids is 1. The van der Waals surface area contributed by atoms with Crippen molar-refractivity contribution in [3.63, 3.8) is 0 Å². The molecular weight excluding hydrogens is 279 g/mol. The van der Waals surface area contributed by atoms with Gasteiger partial charge in [-0.1, -0.05) is 30.3 Å². The maximum atomic E-state index is 11.8. The number of amides is 1. The van der Waals surface area contributed by atoms with Gasteiger partial charge < -0.3 is 15.2 Å². The molecule has 2 N–H and O–H groups in total. The molecular formula is C12H12F3NO4. The van der Waals surface area contributed by atoms with E-state index in [4.69, 9.17) is 5.11 Å². The number of halogens is 3. The maximum absolute atomic E-state index is 11.8. The largest absolute Gasteiger partial charge is 0.480 e. The number of rotatable bonds is 5. The molecule has 0 aromatic heterocycles. The Bertz CT molecular complexity index is 462. The molecule has 8 heteroatoms. The Kier molecular flexibility index (Phi) is 5.36. The molecule has 1 atom stereocenters. The molecule has 20 heavy (non-hydrogen) atoms.